The zero-order valence-corrected chi connectivity index (χ0v) is 14.9. The van der Waals surface area contributed by atoms with Crippen LogP contribution in [0.4, 0.5) is 0 Å². The van der Waals surface area contributed by atoms with Crippen molar-refractivity contribution in [1.29, 1.82) is 0 Å². The topological polar surface area (TPSA) is 60.8 Å². The molecule has 0 atom stereocenters. The van der Waals surface area contributed by atoms with Crippen LogP contribution in [0, 0.1) is 6.92 Å². The third-order valence-electron chi connectivity index (χ3n) is 4.57. The Morgan fingerprint density at radius 3 is 2.23 bits per heavy atom. The molecule has 3 aromatic rings. The fourth-order valence-corrected chi connectivity index (χ4v) is 3.18. The maximum Gasteiger partial charge on any atom is 0.254 e. The highest BCUT2D eigenvalue weighted by atomic mass is 16.3. The lowest BCUT2D eigenvalue weighted by Gasteiger charge is -2.20. The summed E-state index contributed by atoms with van der Waals surface area (Å²) in [5.74, 6) is -0.182. The number of hydrogen-bond donors (Lipinski definition) is 2. The Balaban J connectivity index is 1.94. The predicted octanol–water partition coefficient (Wildman–Crippen LogP) is 3.24. The molecular weight excluding hydrogens is 326 g/mol. The maximum atomic E-state index is 12.6. The summed E-state index contributed by atoms with van der Waals surface area (Å²) < 4.78 is 0. The van der Waals surface area contributed by atoms with Gasteiger partial charge in [0.15, 0.2) is 0 Å². The second kappa shape index (κ2) is 8.13. The van der Waals surface area contributed by atoms with Crippen LogP contribution in [0.3, 0.4) is 0 Å². The second-order valence-corrected chi connectivity index (χ2v) is 6.33. The van der Waals surface area contributed by atoms with Crippen LogP contribution >= 0.6 is 0 Å². The lowest BCUT2D eigenvalue weighted by Crippen LogP contribution is -2.35. The number of nitrogens with zero attached hydrogens (tertiary/aromatic N) is 1. The van der Waals surface area contributed by atoms with E-state index in [-0.39, 0.29) is 32.2 Å². The molecule has 0 aliphatic heterocycles. The van der Waals surface area contributed by atoms with Gasteiger partial charge in [-0.2, -0.15) is 0 Å². The number of amides is 1. The normalized spacial score (nSPS) is 10.9. The minimum absolute atomic E-state index is 0.126. The smallest absolute Gasteiger partial charge is 0.254 e. The minimum Gasteiger partial charge on any atom is -0.395 e. The molecule has 0 saturated heterocycles. The van der Waals surface area contributed by atoms with Crippen LogP contribution < -0.4 is 0 Å². The molecule has 0 aliphatic carbocycles. The third kappa shape index (κ3) is 3.77. The molecule has 134 valence electrons. The quantitative estimate of drug-likeness (QED) is 0.718. The van der Waals surface area contributed by atoms with E-state index in [1.807, 2.05) is 30.3 Å². The number of aryl methyl sites for hydroxylation is 1. The SMILES string of the molecule is Cc1ccccc1-c1ccc2cc(C(=O)N(CCO)CCO)ccc2c1. The average Bonchev–Trinajstić information content (AvgIpc) is 2.67. The van der Waals surface area contributed by atoms with Gasteiger partial charge in [-0.25, -0.2) is 0 Å². The van der Waals surface area contributed by atoms with Crippen molar-refractivity contribution in [2.45, 2.75) is 6.92 Å². The molecular formula is C22H23NO3. The van der Waals surface area contributed by atoms with Gasteiger partial charge in [-0.3, -0.25) is 4.79 Å². The summed E-state index contributed by atoms with van der Waals surface area (Å²) in [5, 5.41) is 20.3. The van der Waals surface area contributed by atoms with Gasteiger partial charge in [0.25, 0.3) is 5.91 Å². The van der Waals surface area contributed by atoms with Crippen molar-refractivity contribution in [3.8, 4) is 11.1 Å². The number of aliphatic hydroxyl groups is 2. The van der Waals surface area contributed by atoms with E-state index in [1.54, 1.807) is 6.07 Å². The Hall–Kier alpha value is -2.69. The fraction of sp³-hybridized carbons (Fsp3) is 0.227. The van der Waals surface area contributed by atoms with Gasteiger partial charge in [0.2, 0.25) is 0 Å². The first-order valence-electron chi connectivity index (χ1n) is 8.75. The van der Waals surface area contributed by atoms with Crippen molar-refractivity contribution in [2.24, 2.45) is 0 Å². The van der Waals surface area contributed by atoms with E-state index < -0.39 is 0 Å². The van der Waals surface area contributed by atoms with E-state index in [4.69, 9.17) is 10.2 Å². The van der Waals surface area contributed by atoms with Crippen molar-refractivity contribution >= 4 is 16.7 Å². The molecule has 0 saturated carbocycles. The lowest BCUT2D eigenvalue weighted by molar-refractivity contribution is 0.0685. The van der Waals surface area contributed by atoms with Crippen LogP contribution in [0.25, 0.3) is 21.9 Å². The van der Waals surface area contributed by atoms with Crippen LogP contribution in [0.1, 0.15) is 15.9 Å². The summed E-state index contributed by atoms with van der Waals surface area (Å²) in [6.07, 6.45) is 0. The monoisotopic (exact) mass is 349 g/mol. The Morgan fingerprint density at radius 1 is 0.885 bits per heavy atom. The number of carbonyl (C=O) groups is 1. The van der Waals surface area contributed by atoms with Gasteiger partial charge in [-0.05, 0) is 52.6 Å². The molecule has 0 radical (unpaired) electrons. The summed E-state index contributed by atoms with van der Waals surface area (Å²) in [5.41, 5.74) is 4.13. The van der Waals surface area contributed by atoms with Crippen molar-refractivity contribution in [3.63, 3.8) is 0 Å². The van der Waals surface area contributed by atoms with Crippen LogP contribution in [-0.4, -0.2) is 47.3 Å². The predicted molar refractivity (Wildman–Crippen MR) is 104 cm³/mol. The van der Waals surface area contributed by atoms with Gasteiger partial charge in [0.05, 0.1) is 13.2 Å². The lowest BCUT2D eigenvalue weighted by atomic mass is 9.97. The summed E-state index contributed by atoms with van der Waals surface area (Å²) in [7, 11) is 0. The molecule has 26 heavy (non-hydrogen) atoms. The van der Waals surface area contributed by atoms with E-state index >= 15 is 0 Å². The van der Waals surface area contributed by atoms with Gasteiger partial charge in [-0.15, -0.1) is 0 Å². The Bertz CT molecular complexity index is 914. The van der Waals surface area contributed by atoms with E-state index in [2.05, 4.69) is 31.2 Å². The molecule has 0 spiro atoms. The van der Waals surface area contributed by atoms with Crippen molar-refractivity contribution in [3.05, 3.63) is 71.8 Å². The highest BCUT2D eigenvalue weighted by molar-refractivity contribution is 5.99. The van der Waals surface area contributed by atoms with Crippen molar-refractivity contribution in [1.82, 2.24) is 4.90 Å². The van der Waals surface area contributed by atoms with E-state index in [0.717, 1.165) is 16.3 Å². The Labute approximate surface area is 153 Å². The number of aliphatic hydroxyl groups excluding tert-OH is 2. The van der Waals surface area contributed by atoms with Gasteiger partial charge < -0.3 is 15.1 Å². The molecule has 0 aliphatic rings. The van der Waals surface area contributed by atoms with Crippen molar-refractivity contribution < 1.29 is 15.0 Å². The van der Waals surface area contributed by atoms with Crippen LogP contribution in [0.15, 0.2) is 60.7 Å². The second-order valence-electron chi connectivity index (χ2n) is 6.33. The van der Waals surface area contributed by atoms with E-state index in [0.29, 0.717) is 5.56 Å². The molecule has 4 heteroatoms. The minimum atomic E-state index is -0.182. The maximum absolute atomic E-state index is 12.6. The van der Waals surface area contributed by atoms with Gasteiger partial charge in [0, 0.05) is 18.7 Å². The molecule has 4 nitrogen and oxygen atoms in total. The zero-order chi connectivity index (χ0) is 18.5. The first-order chi connectivity index (χ1) is 12.6. The highest BCUT2D eigenvalue weighted by Crippen LogP contribution is 2.27. The van der Waals surface area contributed by atoms with E-state index in [9.17, 15) is 4.79 Å². The number of carbonyl (C=O) groups excluding carboxylic acids is 1. The molecule has 3 rings (SSSR count). The summed E-state index contributed by atoms with van der Waals surface area (Å²) in [4.78, 5) is 14.1. The molecule has 1 amide bonds. The molecule has 0 aromatic heterocycles. The summed E-state index contributed by atoms with van der Waals surface area (Å²) in [6.45, 7) is 2.27. The van der Waals surface area contributed by atoms with Crippen LogP contribution in [-0.2, 0) is 0 Å². The van der Waals surface area contributed by atoms with Gasteiger partial charge in [-0.1, -0.05) is 42.5 Å². The van der Waals surface area contributed by atoms with Crippen molar-refractivity contribution in [2.75, 3.05) is 26.3 Å². The first-order valence-corrected chi connectivity index (χ1v) is 8.75. The largest absolute Gasteiger partial charge is 0.395 e. The van der Waals surface area contributed by atoms with Gasteiger partial charge >= 0.3 is 0 Å². The summed E-state index contributed by atoms with van der Waals surface area (Å²) in [6, 6.07) is 20.1. The zero-order valence-electron chi connectivity index (χ0n) is 14.9. The molecule has 0 heterocycles. The first kappa shape index (κ1) is 18.1. The molecule has 0 fully saturated rings. The molecule has 2 N–H and O–H groups in total. The number of hydrogen-bond acceptors (Lipinski definition) is 3. The third-order valence-corrected chi connectivity index (χ3v) is 4.57. The Morgan fingerprint density at radius 2 is 1.54 bits per heavy atom. The molecule has 0 bridgehead atoms. The van der Waals surface area contributed by atoms with E-state index in [1.165, 1.54) is 16.0 Å². The summed E-state index contributed by atoms with van der Waals surface area (Å²) >= 11 is 0. The van der Waals surface area contributed by atoms with Gasteiger partial charge in [0.1, 0.15) is 0 Å². The number of fused-ring (bicyclic) bond motifs is 1. The Kier molecular flexibility index (Phi) is 5.66. The number of rotatable bonds is 6. The van der Waals surface area contributed by atoms with Crippen LogP contribution in [0.2, 0.25) is 0 Å². The average molecular weight is 349 g/mol. The highest BCUT2D eigenvalue weighted by Gasteiger charge is 2.15. The molecule has 3 aromatic carbocycles. The number of benzene rings is 3. The van der Waals surface area contributed by atoms with Crippen LogP contribution in [0.5, 0.6) is 0 Å². The molecule has 0 unspecified atom stereocenters. The fourth-order valence-electron chi connectivity index (χ4n) is 3.18. The standard InChI is InChI=1S/C22H23NO3/c1-16-4-2-3-5-21(16)19-8-6-18-15-20(9-7-17(18)14-19)22(26)23(10-12-24)11-13-25/h2-9,14-15,24-25H,10-13H2,1H3.